The highest BCUT2D eigenvalue weighted by Crippen LogP contribution is 2.45. The maximum absolute atomic E-state index is 13.1. The third kappa shape index (κ3) is 2.78. The Morgan fingerprint density at radius 2 is 1.75 bits per heavy atom. The van der Waals surface area contributed by atoms with Crippen LogP contribution in [0, 0.1) is 11.3 Å². The standard InChI is InChI=1S/C12H20F2O2/c1-9(2)10(15)11(8-16-3)4-6-12(13,14)7-5-11/h9H,4-8H2,1-3H3. The molecule has 0 aliphatic heterocycles. The Labute approximate surface area is 95.4 Å². The van der Waals surface area contributed by atoms with E-state index in [-0.39, 0.29) is 44.0 Å². The van der Waals surface area contributed by atoms with E-state index in [9.17, 15) is 13.6 Å². The topological polar surface area (TPSA) is 26.3 Å². The number of carbonyl (C=O) groups is 1. The first-order valence-electron chi connectivity index (χ1n) is 5.74. The summed E-state index contributed by atoms with van der Waals surface area (Å²) < 4.78 is 31.3. The molecule has 0 amide bonds. The number of hydrogen-bond donors (Lipinski definition) is 0. The van der Waals surface area contributed by atoms with Crippen molar-refractivity contribution in [3.63, 3.8) is 0 Å². The average Bonchev–Trinajstić information content (AvgIpc) is 2.21. The Morgan fingerprint density at radius 3 is 2.12 bits per heavy atom. The number of alkyl halides is 2. The van der Waals surface area contributed by atoms with Crippen LogP contribution in [0.2, 0.25) is 0 Å². The first-order valence-corrected chi connectivity index (χ1v) is 5.74. The smallest absolute Gasteiger partial charge is 0.248 e. The third-order valence-electron chi connectivity index (χ3n) is 3.41. The quantitative estimate of drug-likeness (QED) is 0.747. The second kappa shape index (κ2) is 4.78. The molecule has 0 unspecified atom stereocenters. The summed E-state index contributed by atoms with van der Waals surface area (Å²) in [6.07, 6.45) is 0.0827. The van der Waals surface area contributed by atoms with E-state index in [1.807, 2.05) is 13.8 Å². The molecule has 0 aromatic carbocycles. The zero-order chi connectivity index (χ0) is 12.4. The van der Waals surface area contributed by atoms with Gasteiger partial charge in [-0.3, -0.25) is 4.79 Å². The second-order valence-electron chi connectivity index (χ2n) is 5.09. The summed E-state index contributed by atoms with van der Waals surface area (Å²) in [4.78, 5) is 12.1. The van der Waals surface area contributed by atoms with Gasteiger partial charge >= 0.3 is 0 Å². The van der Waals surface area contributed by atoms with Crippen LogP contribution in [0.15, 0.2) is 0 Å². The van der Waals surface area contributed by atoms with Gasteiger partial charge in [-0.05, 0) is 12.8 Å². The fraction of sp³-hybridized carbons (Fsp3) is 0.917. The summed E-state index contributed by atoms with van der Waals surface area (Å²) in [6.45, 7) is 3.89. The fourth-order valence-corrected chi connectivity index (χ4v) is 2.44. The van der Waals surface area contributed by atoms with Crippen molar-refractivity contribution in [1.29, 1.82) is 0 Å². The molecule has 16 heavy (non-hydrogen) atoms. The monoisotopic (exact) mass is 234 g/mol. The van der Waals surface area contributed by atoms with Gasteiger partial charge in [0.2, 0.25) is 5.92 Å². The van der Waals surface area contributed by atoms with Crippen molar-refractivity contribution in [2.75, 3.05) is 13.7 Å². The largest absolute Gasteiger partial charge is 0.384 e. The van der Waals surface area contributed by atoms with Gasteiger partial charge in [-0.15, -0.1) is 0 Å². The minimum atomic E-state index is -2.60. The minimum absolute atomic E-state index is 0.0600. The highest BCUT2D eigenvalue weighted by Gasteiger charge is 2.47. The number of halogens is 2. The molecule has 1 fully saturated rings. The predicted molar refractivity (Wildman–Crippen MR) is 57.6 cm³/mol. The van der Waals surface area contributed by atoms with Crippen LogP contribution in [0.4, 0.5) is 8.78 Å². The van der Waals surface area contributed by atoms with Crippen molar-refractivity contribution in [3.05, 3.63) is 0 Å². The summed E-state index contributed by atoms with van der Waals surface area (Å²) in [7, 11) is 1.52. The predicted octanol–water partition coefficient (Wildman–Crippen LogP) is 3.05. The summed E-state index contributed by atoms with van der Waals surface area (Å²) in [6, 6.07) is 0. The maximum Gasteiger partial charge on any atom is 0.248 e. The van der Waals surface area contributed by atoms with E-state index < -0.39 is 11.3 Å². The average molecular weight is 234 g/mol. The van der Waals surface area contributed by atoms with Crippen LogP contribution in [0.1, 0.15) is 39.5 Å². The molecular weight excluding hydrogens is 214 g/mol. The van der Waals surface area contributed by atoms with Gasteiger partial charge in [0.1, 0.15) is 5.78 Å². The van der Waals surface area contributed by atoms with E-state index in [2.05, 4.69) is 0 Å². The number of rotatable bonds is 4. The molecule has 4 heteroatoms. The van der Waals surface area contributed by atoms with Crippen LogP contribution in [0.5, 0.6) is 0 Å². The summed E-state index contributed by atoms with van der Waals surface area (Å²) in [5, 5.41) is 0. The fourth-order valence-electron chi connectivity index (χ4n) is 2.44. The zero-order valence-electron chi connectivity index (χ0n) is 10.2. The van der Waals surface area contributed by atoms with Crippen molar-refractivity contribution in [1.82, 2.24) is 0 Å². The van der Waals surface area contributed by atoms with E-state index >= 15 is 0 Å². The van der Waals surface area contributed by atoms with Gasteiger partial charge in [-0.2, -0.15) is 0 Å². The van der Waals surface area contributed by atoms with Crippen molar-refractivity contribution in [3.8, 4) is 0 Å². The molecule has 2 nitrogen and oxygen atoms in total. The Bertz CT molecular complexity index is 252. The van der Waals surface area contributed by atoms with Gasteiger partial charge in [0.15, 0.2) is 0 Å². The molecule has 0 aromatic rings. The second-order valence-corrected chi connectivity index (χ2v) is 5.09. The van der Waals surface area contributed by atoms with Gasteiger partial charge in [-0.1, -0.05) is 13.8 Å². The maximum atomic E-state index is 13.1. The molecule has 1 saturated carbocycles. The molecule has 1 rings (SSSR count). The Balaban J connectivity index is 2.80. The SMILES string of the molecule is COCC1(C(=O)C(C)C)CCC(F)(F)CC1. The Morgan fingerprint density at radius 1 is 1.25 bits per heavy atom. The van der Waals surface area contributed by atoms with Crippen molar-refractivity contribution in [2.45, 2.75) is 45.5 Å². The van der Waals surface area contributed by atoms with Gasteiger partial charge in [0.25, 0.3) is 0 Å². The van der Waals surface area contributed by atoms with Crippen molar-refractivity contribution < 1.29 is 18.3 Å². The zero-order valence-corrected chi connectivity index (χ0v) is 10.2. The van der Waals surface area contributed by atoms with Gasteiger partial charge in [0.05, 0.1) is 12.0 Å². The molecule has 0 spiro atoms. The van der Waals surface area contributed by atoms with Crippen LogP contribution in [0.25, 0.3) is 0 Å². The number of Topliss-reactive ketones (excluding diaryl/α,β-unsaturated/α-hetero) is 1. The van der Waals surface area contributed by atoms with Crippen LogP contribution in [-0.4, -0.2) is 25.4 Å². The van der Waals surface area contributed by atoms with Gasteiger partial charge in [0, 0.05) is 25.9 Å². The summed E-state index contributed by atoms with van der Waals surface area (Å²) in [5.74, 6) is -2.67. The highest BCUT2D eigenvalue weighted by molar-refractivity contribution is 5.86. The number of carbonyl (C=O) groups excluding carboxylic acids is 1. The number of ketones is 1. The van der Waals surface area contributed by atoms with Crippen LogP contribution in [0.3, 0.4) is 0 Å². The van der Waals surface area contributed by atoms with E-state index in [0.29, 0.717) is 0 Å². The number of ether oxygens (including phenoxy) is 1. The lowest BCUT2D eigenvalue weighted by molar-refractivity contribution is -0.145. The highest BCUT2D eigenvalue weighted by atomic mass is 19.3. The Hall–Kier alpha value is -0.510. The van der Waals surface area contributed by atoms with Crippen LogP contribution in [-0.2, 0) is 9.53 Å². The molecule has 0 heterocycles. The summed E-state index contributed by atoms with van der Waals surface area (Å²) >= 11 is 0. The molecule has 0 radical (unpaired) electrons. The van der Waals surface area contributed by atoms with E-state index in [1.54, 1.807) is 0 Å². The molecule has 1 aliphatic carbocycles. The molecule has 0 bridgehead atoms. The molecule has 0 aromatic heterocycles. The molecule has 0 N–H and O–H groups in total. The first-order chi connectivity index (χ1) is 7.33. The molecule has 1 aliphatic rings. The van der Waals surface area contributed by atoms with E-state index in [1.165, 1.54) is 7.11 Å². The molecule has 0 saturated heterocycles. The lowest BCUT2D eigenvalue weighted by Gasteiger charge is -2.39. The Kier molecular flexibility index (Phi) is 4.05. The normalized spacial score (nSPS) is 23.4. The lowest BCUT2D eigenvalue weighted by atomic mass is 9.68. The molecular formula is C12H20F2O2. The molecule has 0 atom stereocenters. The number of hydrogen-bond acceptors (Lipinski definition) is 2. The lowest BCUT2D eigenvalue weighted by Crippen LogP contribution is -2.44. The van der Waals surface area contributed by atoms with Crippen molar-refractivity contribution in [2.24, 2.45) is 11.3 Å². The van der Waals surface area contributed by atoms with E-state index in [0.717, 1.165) is 0 Å². The first kappa shape index (κ1) is 13.6. The number of methoxy groups -OCH3 is 1. The molecule has 94 valence electrons. The van der Waals surface area contributed by atoms with Gasteiger partial charge < -0.3 is 4.74 Å². The van der Waals surface area contributed by atoms with E-state index in [4.69, 9.17) is 4.74 Å². The van der Waals surface area contributed by atoms with Crippen LogP contribution < -0.4 is 0 Å². The summed E-state index contributed by atoms with van der Waals surface area (Å²) in [5.41, 5.74) is -0.676. The van der Waals surface area contributed by atoms with Gasteiger partial charge in [-0.25, -0.2) is 8.78 Å². The van der Waals surface area contributed by atoms with Crippen molar-refractivity contribution >= 4 is 5.78 Å². The third-order valence-corrected chi connectivity index (χ3v) is 3.41. The minimum Gasteiger partial charge on any atom is -0.384 e. The van der Waals surface area contributed by atoms with Crippen LogP contribution >= 0.6 is 0 Å².